The summed E-state index contributed by atoms with van der Waals surface area (Å²) in [6.45, 7) is 2.51. The zero-order valence-electron chi connectivity index (χ0n) is 11.2. The number of nitrogens with zero attached hydrogens (tertiary/aromatic N) is 2. The van der Waals surface area contributed by atoms with Crippen LogP contribution in [0.1, 0.15) is 31.7 Å². The van der Waals surface area contributed by atoms with E-state index in [1.54, 1.807) is 0 Å². The molecule has 20 heavy (non-hydrogen) atoms. The van der Waals surface area contributed by atoms with E-state index in [1.165, 1.54) is 18.2 Å². The molecule has 2 aromatic rings. The molecule has 1 atom stereocenters. The van der Waals surface area contributed by atoms with Gasteiger partial charge in [-0.05, 0) is 43.9 Å². The second-order valence-corrected chi connectivity index (χ2v) is 4.91. The van der Waals surface area contributed by atoms with Crippen LogP contribution in [0.2, 0.25) is 0 Å². The Bertz CT molecular complexity index is 610. The molecule has 6 heteroatoms. The minimum Gasteiger partial charge on any atom is -0.399 e. The van der Waals surface area contributed by atoms with Crippen LogP contribution in [0.15, 0.2) is 22.7 Å². The standard InChI is InChI=1S/C14H16FN3O2/c1-2-19-12(8-3-4-8)13-17-14(20-18-13)10-7-9(16)5-6-11(10)15/h5-8,12H,2-4,16H2,1H3. The number of aromatic nitrogens is 2. The van der Waals surface area contributed by atoms with Crippen molar-refractivity contribution in [1.82, 2.24) is 10.1 Å². The van der Waals surface area contributed by atoms with E-state index in [2.05, 4.69) is 10.1 Å². The third-order valence-electron chi connectivity index (χ3n) is 3.31. The first-order valence-electron chi connectivity index (χ1n) is 6.69. The summed E-state index contributed by atoms with van der Waals surface area (Å²) in [4.78, 5) is 4.26. The Morgan fingerprint density at radius 2 is 2.30 bits per heavy atom. The fourth-order valence-corrected chi connectivity index (χ4v) is 2.17. The van der Waals surface area contributed by atoms with Gasteiger partial charge in [0.15, 0.2) is 0 Å². The Kier molecular flexibility index (Phi) is 3.40. The average molecular weight is 277 g/mol. The van der Waals surface area contributed by atoms with Crippen molar-refractivity contribution < 1.29 is 13.7 Å². The van der Waals surface area contributed by atoms with Crippen molar-refractivity contribution in [1.29, 1.82) is 0 Å². The first-order chi connectivity index (χ1) is 9.69. The molecular weight excluding hydrogens is 261 g/mol. The highest BCUT2D eigenvalue weighted by atomic mass is 19.1. The van der Waals surface area contributed by atoms with E-state index >= 15 is 0 Å². The van der Waals surface area contributed by atoms with Gasteiger partial charge in [0.05, 0.1) is 5.56 Å². The molecule has 1 aromatic carbocycles. The van der Waals surface area contributed by atoms with Gasteiger partial charge in [0.2, 0.25) is 5.82 Å². The molecule has 1 heterocycles. The summed E-state index contributed by atoms with van der Waals surface area (Å²) < 4.78 is 24.6. The Labute approximate surface area is 115 Å². The van der Waals surface area contributed by atoms with Crippen molar-refractivity contribution in [3.63, 3.8) is 0 Å². The number of nitrogens with two attached hydrogens (primary N) is 1. The minimum absolute atomic E-state index is 0.134. The second kappa shape index (κ2) is 5.20. The van der Waals surface area contributed by atoms with E-state index in [-0.39, 0.29) is 17.6 Å². The van der Waals surface area contributed by atoms with Crippen molar-refractivity contribution in [2.75, 3.05) is 12.3 Å². The van der Waals surface area contributed by atoms with Gasteiger partial charge in [-0.3, -0.25) is 0 Å². The van der Waals surface area contributed by atoms with Crippen LogP contribution in [-0.4, -0.2) is 16.7 Å². The fraction of sp³-hybridized carbons (Fsp3) is 0.429. The van der Waals surface area contributed by atoms with Crippen molar-refractivity contribution in [2.45, 2.75) is 25.9 Å². The maximum absolute atomic E-state index is 13.8. The molecule has 1 aliphatic rings. The molecule has 0 bridgehead atoms. The maximum atomic E-state index is 13.8. The molecule has 5 nitrogen and oxygen atoms in total. The van der Waals surface area contributed by atoms with Gasteiger partial charge in [-0.25, -0.2) is 4.39 Å². The summed E-state index contributed by atoms with van der Waals surface area (Å²) in [5, 5.41) is 3.92. The van der Waals surface area contributed by atoms with Gasteiger partial charge in [0.1, 0.15) is 11.9 Å². The van der Waals surface area contributed by atoms with Crippen LogP contribution in [0.5, 0.6) is 0 Å². The Hall–Kier alpha value is -1.95. The highest BCUT2D eigenvalue weighted by molar-refractivity contribution is 5.60. The van der Waals surface area contributed by atoms with Gasteiger partial charge >= 0.3 is 0 Å². The lowest BCUT2D eigenvalue weighted by atomic mass is 10.2. The van der Waals surface area contributed by atoms with Crippen molar-refractivity contribution in [2.24, 2.45) is 5.92 Å². The predicted molar refractivity (Wildman–Crippen MR) is 71.2 cm³/mol. The monoisotopic (exact) mass is 277 g/mol. The first kappa shape index (κ1) is 13.1. The lowest BCUT2D eigenvalue weighted by Gasteiger charge is -2.10. The number of anilines is 1. The van der Waals surface area contributed by atoms with Gasteiger partial charge in [-0.15, -0.1) is 0 Å². The predicted octanol–water partition coefficient (Wildman–Crippen LogP) is 2.95. The SMILES string of the molecule is CCOC(c1noc(-c2cc(N)ccc2F)n1)C1CC1. The van der Waals surface area contributed by atoms with Crippen LogP contribution in [0, 0.1) is 11.7 Å². The molecule has 0 saturated heterocycles. The zero-order chi connectivity index (χ0) is 14.1. The summed E-state index contributed by atoms with van der Waals surface area (Å²) in [6, 6.07) is 4.26. The molecule has 1 unspecified atom stereocenters. The van der Waals surface area contributed by atoms with Gasteiger partial charge in [-0.2, -0.15) is 4.98 Å². The molecule has 1 saturated carbocycles. The highest BCUT2D eigenvalue weighted by Crippen LogP contribution is 2.42. The molecule has 3 rings (SSSR count). The van der Waals surface area contributed by atoms with E-state index in [0.29, 0.717) is 24.0 Å². The number of ether oxygens (including phenoxy) is 1. The molecule has 1 aromatic heterocycles. The maximum Gasteiger partial charge on any atom is 0.261 e. The smallest absolute Gasteiger partial charge is 0.261 e. The molecule has 1 fully saturated rings. The van der Waals surface area contributed by atoms with E-state index in [4.69, 9.17) is 15.0 Å². The lowest BCUT2D eigenvalue weighted by molar-refractivity contribution is 0.0385. The summed E-state index contributed by atoms with van der Waals surface area (Å²) in [6.07, 6.45) is 2.03. The summed E-state index contributed by atoms with van der Waals surface area (Å²) in [7, 11) is 0. The lowest BCUT2D eigenvalue weighted by Crippen LogP contribution is -2.08. The topological polar surface area (TPSA) is 74.2 Å². The Balaban J connectivity index is 1.90. The summed E-state index contributed by atoms with van der Waals surface area (Å²) in [5.74, 6) is 0.612. The molecule has 2 N–H and O–H groups in total. The number of hydrogen-bond donors (Lipinski definition) is 1. The van der Waals surface area contributed by atoms with Crippen LogP contribution >= 0.6 is 0 Å². The Morgan fingerprint density at radius 1 is 1.50 bits per heavy atom. The van der Waals surface area contributed by atoms with Crippen LogP contribution in [-0.2, 0) is 4.74 Å². The molecule has 106 valence electrons. The minimum atomic E-state index is -0.436. The van der Waals surface area contributed by atoms with Crippen LogP contribution in [0.4, 0.5) is 10.1 Å². The Morgan fingerprint density at radius 3 is 3.00 bits per heavy atom. The molecule has 0 aliphatic heterocycles. The van der Waals surface area contributed by atoms with E-state index in [1.807, 2.05) is 6.92 Å². The number of benzene rings is 1. The second-order valence-electron chi connectivity index (χ2n) is 4.91. The highest BCUT2D eigenvalue weighted by Gasteiger charge is 2.36. The van der Waals surface area contributed by atoms with E-state index < -0.39 is 5.82 Å². The van der Waals surface area contributed by atoms with Crippen molar-refractivity contribution in [3.05, 3.63) is 29.8 Å². The number of rotatable bonds is 5. The molecule has 0 spiro atoms. The van der Waals surface area contributed by atoms with Crippen molar-refractivity contribution >= 4 is 5.69 Å². The van der Waals surface area contributed by atoms with Gasteiger partial charge in [-0.1, -0.05) is 5.16 Å². The van der Waals surface area contributed by atoms with Crippen LogP contribution in [0.25, 0.3) is 11.5 Å². The van der Waals surface area contributed by atoms with Gasteiger partial charge in [0.25, 0.3) is 5.89 Å². The molecule has 0 radical (unpaired) electrons. The van der Waals surface area contributed by atoms with Gasteiger partial charge in [0, 0.05) is 12.3 Å². The van der Waals surface area contributed by atoms with Gasteiger partial charge < -0.3 is 15.0 Å². The van der Waals surface area contributed by atoms with E-state index in [9.17, 15) is 4.39 Å². The normalized spacial score (nSPS) is 16.3. The summed E-state index contributed by atoms with van der Waals surface area (Å²) in [5.41, 5.74) is 6.32. The fourth-order valence-electron chi connectivity index (χ4n) is 2.17. The largest absolute Gasteiger partial charge is 0.399 e. The first-order valence-corrected chi connectivity index (χ1v) is 6.69. The third kappa shape index (κ3) is 2.51. The van der Waals surface area contributed by atoms with E-state index in [0.717, 1.165) is 12.8 Å². The number of halogens is 1. The molecular formula is C14H16FN3O2. The number of hydrogen-bond acceptors (Lipinski definition) is 5. The molecule has 1 aliphatic carbocycles. The van der Waals surface area contributed by atoms with Crippen molar-refractivity contribution in [3.8, 4) is 11.5 Å². The zero-order valence-corrected chi connectivity index (χ0v) is 11.2. The molecule has 0 amide bonds. The van der Waals surface area contributed by atoms with Crippen LogP contribution in [0.3, 0.4) is 0 Å². The average Bonchev–Trinajstić information content (AvgIpc) is 3.16. The quantitative estimate of drug-likeness (QED) is 0.850. The number of nitrogen functional groups attached to an aromatic ring is 1. The summed E-state index contributed by atoms with van der Waals surface area (Å²) >= 11 is 0. The third-order valence-corrected chi connectivity index (χ3v) is 3.31. The van der Waals surface area contributed by atoms with Crippen LogP contribution < -0.4 is 5.73 Å².